The molecule has 0 fully saturated rings. The summed E-state index contributed by atoms with van der Waals surface area (Å²) in [5, 5.41) is 0. The van der Waals surface area contributed by atoms with Gasteiger partial charge in [0.2, 0.25) is 5.78 Å². The maximum atomic E-state index is 5.14. The van der Waals surface area contributed by atoms with Crippen LogP contribution in [-0.2, 0) is 0 Å². The predicted molar refractivity (Wildman–Crippen MR) is 86.0 cm³/mol. The van der Waals surface area contributed by atoms with Crippen LogP contribution in [0.3, 0.4) is 0 Å². The molecule has 0 saturated heterocycles. The molecule has 0 aliphatic rings. The lowest BCUT2D eigenvalue weighted by molar-refractivity contribution is 0.380. The van der Waals surface area contributed by atoms with Gasteiger partial charge in [-0.15, -0.1) is 0 Å². The molecule has 0 N–H and O–H groups in total. The molecule has 0 amide bonds. The van der Waals surface area contributed by atoms with Gasteiger partial charge in [0.1, 0.15) is 11.4 Å². The van der Waals surface area contributed by atoms with Gasteiger partial charge in [0.05, 0.1) is 12.8 Å². The SMILES string of the molecule is COc1nccc(-c2c(-c3ccccc3)nc3ncccn23)n1. The quantitative estimate of drug-likeness (QED) is 0.582. The molecule has 0 atom stereocenters. The van der Waals surface area contributed by atoms with Crippen molar-refractivity contribution < 1.29 is 4.74 Å². The van der Waals surface area contributed by atoms with Crippen molar-refractivity contribution in [3.8, 4) is 28.7 Å². The van der Waals surface area contributed by atoms with E-state index in [1.54, 1.807) is 19.5 Å². The van der Waals surface area contributed by atoms with Crippen molar-refractivity contribution in [3.05, 3.63) is 61.1 Å². The number of ether oxygens (including phenoxy) is 1. The number of aromatic nitrogens is 5. The van der Waals surface area contributed by atoms with E-state index in [0.717, 1.165) is 22.6 Å². The van der Waals surface area contributed by atoms with E-state index in [0.29, 0.717) is 11.8 Å². The summed E-state index contributed by atoms with van der Waals surface area (Å²) in [5.74, 6) is 0.624. The highest BCUT2D eigenvalue weighted by Gasteiger charge is 2.17. The number of hydrogen-bond donors (Lipinski definition) is 0. The van der Waals surface area contributed by atoms with Crippen molar-refractivity contribution >= 4 is 5.78 Å². The van der Waals surface area contributed by atoms with Gasteiger partial charge < -0.3 is 4.74 Å². The third-order valence-corrected chi connectivity index (χ3v) is 3.51. The van der Waals surface area contributed by atoms with Crippen LogP contribution in [0, 0.1) is 0 Å². The van der Waals surface area contributed by atoms with Gasteiger partial charge in [-0.1, -0.05) is 30.3 Å². The fraction of sp³-hybridized carbons (Fsp3) is 0.0588. The molecule has 3 heterocycles. The summed E-state index contributed by atoms with van der Waals surface area (Å²) < 4.78 is 7.06. The van der Waals surface area contributed by atoms with Crippen LogP contribution < -0.4 is 4.74 Å². The standard InChI is InChI=1S/C17H13N5O/c1-23-17-19-10-8-13(20-17)15-14(12-6-3-2-4-7-12)21-16-18-9-5-11-22(15)16/h2-11H,1H3. The largest absolute Gasteiger partial charge is 0.467 e. The van der Waals surface area contributed by atoms with E-state index in [1.165, 1.54) is 0 Å². The highest BCUT2D eigenvalue weighted by Crippen LogP contribution is 2.31. The van der Waals surface area contributed by atoms with Crippen molar-refractivity contribution in [2.24, 2.45) is 0 Å². The Morgan fingerprint density at radius 1 is 0.913 bits per heavy atom. The third-order valence-electron chi connectivity index (χ3n) is 3.51. The lowest BCUT2D eigenvalue weighted by atomic mass is 10.1. The van der Waals surface area contributed by atoms with Gasteiger partial charge in [-0.25, -0.2) is 15.0 Å². The van der Waals surface area contributed by atoms with Gasteiger partial charge >= 0.3 is 6.01 Å². The minimum atomic E-state index is 0.320. The van der Waals surface area contributed by atoms with Crippen LogP contribution in [0.5, 0.6) is 6.01 Å². The van der Waals surface area contributed by atoms with E-state index >= 15 is 0 Å². The second-order valence-electron chi connectivity index (χ2n) is 4.89. The number of hydrogen-bond acceptors (Lipinski definition) is 5. The van der Waals surface area contributed by atoms with Gasteiger partial charge in [0.25, 0.3) is 0 Å². The molecule has 23 heavy (non-hydrogen) atoms. The Morgan fingerprint density at radius 3 is 2.61 bits per heavy atom. The van der Waals surface area contributed by atoms with E-state index < -0.39 is 0 Å². The number of nitrogens with zero attached hydrogens (tertiary/aromatic N) is 5. The summed E-state index contributed by atoms with van der Waals surface area (Å²) in [5.41, 5.74) is 3.42. The molecule has 0 unspecified atom stereocenters. The van der Waals surface area contributed by atoms with E-state index in [1.807, 2.05) is 53.1 Å². The van der Waals surface area contributed by atoms with Crippen LogP contribution >= 0.6 is 0 Å². The van der Waals surface area contributed by atoms with E-state index in [2.05, 4.69) is 19.9 Å². The zero-order chi connectivity index (χ0) is 15.6. The summed E-state index contributed by atoms with van der Waals surface area (Å²) in [6, 6.07) is 14.0. The van der Waals surface area contributed by atoms with Crippen molar-refractivity contribution in [1.29, 1.82) is 0 Å². The van der Waals surface area contributed by atoms with Crippen LogP contribution in [0.15, 0.2) is 61.1 Å². The number of methoxy groups -OCH3 is 1. The van der Waals surface area contributed by atoms with Crippen LogP contribution in [0.25, 0.3) is 28.4 Å². The lowest BCUT2D eigenvalue weighted by Crippen LogP contribution is -1.96. The van der Waals surface area contributed by atoms with E-state index in [9.17, 15) is 0 Å². The molecule has 0 spiro atoms. The van der Waals surface area contributed by atoms with Crippen LogP contribution in [0.4, 0.5) is 0 Å². The molecule has 0 radical (unpaired) electrons. The topological polar surface area (TPSA) is 65.2 Å². The Morgan fingerprint density at radius 2 is 1.78 bits per heavy atom. The normalized spacial score (nSPS) is 10.8. The fourth-order valence-corrected chi connectivity index (χ4v) is 2.50. The Labute approximate surface area is 132 Å². The van der Waals surface area contributed by atoms with E-state index in [4.69, 9.17) is 4.74 Å². The maximum absolute atomic E-state index is 5.14. The summed E-state index contributed by atoms with van der Waals surface area (Å²) in [4.78, 5) is 17.5. The van der Waals surface area contributed by atoms with Crippen molar-refractivity contribution in [2.75, 3.05) is 7.11 Å². The molecule has 112 valence electrons. The number of imidazole rings is 1. The minimum Gasteiger partial charge on any atom is -0.467 e. The molecule has 4 rings (SSSR count). The Bertz CT molecular complexity index is 965. The summed E-state index contributed by atoms with van der Waals surface area (Å²) in [6.07, 6.45) is 5.32. The van der Waals surface area contributed by atoms with Crippen LogP contribution in [0.1, 0.15) is 0 Å². The Balaban J connectivity index is 2.03. The zero-order valence-electron chi connectivity index (χ0n) is 12.4. The molecule has 0 saturated carbocycles. The molecule has 1 aromatic carbocycles. The predicted octanol–water partition coefficient (Wildman–Crippen LogP) is 2.86. The second kappa shape index (κ2) is 5.49. The molecule has 3 aromatic heterocycles. The summed E-state index contributed by atoms with van der Waals surface area (Å²) in [7, 11) is 1.55. The molecule has 6 nitrogen and oxygen atoms in total. The molecule has 0 aliphatic carbocycles. The Kier molecular flexibility index (Phi) is 3.20. The lowest BCUT2D eigenvalue weighted by Gasteiger charge is -2.05. The maximum Gasteiger partial charge on any atom is 0.316 e. The highest BCUT2D eigenvalue weighted by molar-refractivity contribution is 5.79. The summed E-state index contributed by atoms with van der Waals surface area (Å²) in [6.45, 7) is 0. The van der Waals surface area contributed by atoms with Gasteiger partial charge in [0, 0.05) is 24.2 Å². The number of rotatable bonds is 3. The monoisotopic (exact) mass is 303 g/mol. The average molecular weight is 303 g/mol. The summed E-state index contributed by atoms with van der Waals surface area (Å²) >= 11 is 0. The molecule has 4 aromatic rings. The van der Waals surface area contributed by atoms with Crippen molar-refractivity contribution in [3.63, 3.8) is 0 Å². The number of fused-ring (bicyclic) bond motifs is 1. The first kappa shape index (κ1) is 13.4. The minimum absolute atomic E-state index is 0.320. The van der Waals surface area contributed by atoms with Gasteiger partial charge in [-0.2, -0.15) is 4.98 Å². The smallest absolute Gasteiger partial charge is 0.316 e. The third kappa shape index (κ3) is 2.30. The highest BCUT2D eigenvalue weighted by atomic mass is 16.5. The first-order valence-corrected chi connectivity index (χ1v) is 7.13. The van der Waals surface area contributed by atoms with E-state index in [-0.39, 0.29) is 0 Å². The second-order valence-corrected chi connectivity index (χ2v) is 4.89. The van der Waals surface area contributed by atoms with Gasteiger partial charge in [-0.05, 0) is 12.1 Å². The van der Waals surface area contributed by atoms with Gasteiger partial charge in [-0.3, -0.25) is 4.40 Å². The fourth-order valence-electron chi connectivity index (χ4n) is 2.50. The van der Waals surface area contributed by atoms with Crippen molar-refractivity contribution in [1.82, 2.24) is 24.3 Å². The molecule has 6 heteroatoms. The molecule has 0 bridgehead atoms. The first-order chi connectivity index (χ1) is 11.4. The number of benzene rings is 1. The van der Waals surface area contributed by atoms with Gasteiger partial charge in [0.15, 0.2) is 0 Å². The van der Waals surface area contributed by atoms with Crippen molar-refractivity contribution in [2.45, 2.75) is 0 Å². The van der Waals surface area contributed by atoms with Crippen LogP contribution in [0.2, 0.25) is 0 Å². The molecular formula is C17H13N5O. The first-order valence-electron chi connectivity index (χ1n) is 7.13. The Hall–Kier alpha value is -3.28. The molecular weight excluding hydrogens is 290 g/mol. The zero-order valence-corrected chi connectivity index (χ0v) is 12.4. The average Bonchev–Trinajstić information content (AvgIpc) is 3.02. The molecule has 0 aliphatic heterocycles. The van der Waals surface area contributed by atoms with Crippen LogP contribution in [-0.4, -0.2) is 31.4 Å².